The van der Waals surface area contributed by atoms with Gasteiger partial charge in [0.1, 0.15) is 16.5 Å². The highest BCUT2D eigenvalue weighted by Crippen LogP contribution is 2.19. The first-order chi connectivity index (χ1) is 8.56. The molecule has 0 saturated carbocycles. The van der Waals surface area contributed by atoms with E-state index in [1.165, 1.54) is 12.1 Å². The Hall–Kier alpha value is -1.82. The molecule has 96 valence electrons. The first-order valence-electron chi connectivity index (χ1n) is 5.49. The first kappa shape index (κ1) is 12.6. The van der Waals surface area contributed by atoms with Gasteiger partial charge in [0.25, 0.3) is 0 Å². The van der Waals surface area contributed by atoms with Crippen LogP contribution in [0.2, 0.25) is 5.15 Å². The van der Waals surface area contributed by atoms with Gasteiger partial charge in [-0.2, -0.15) is 0 Å². The van der Waals surface area contributed by atoms with Crippen molar-refractivity contribution in [2.45, 2.75) is 18.9 Å². The Morgan fingerprint density at radius 2 is 2.33 bits per heavy atom. The Morgan fingerprint density at radius 3 is 2.94 bits per heavy atom. The molecule has 1 aromatic heterocycles. The maximum Gasteiger partial charge on any atom is 0.339 e. The lowest BCUT2D eigenvalue weighted by atomic mass is 10.1. The van der Waals surface area contributed by atoms with E-state index in [-0.39, 0.29) is 28.5 Å². The second-order valence-corrected chi connectivity index (χ2v) is 4.41. The largest absolute Gasteiger partial charge is 0.478 e. The van der Waals surface area contributed by atoms with E-state index in [9.17, 15) is 9.59 Å². The number of halogens is 1. The molecule has 1 unspecified atom stereocenters. The first-order valence-corrected chi connectivity index (χ1v) is 5.87. The summed E-state index contributed by atoms with van der Waals surface area (Å²) in [5, 5.41) is 15.0. The summed E-state index contributed by atoms with van der Waals surface area (Å²) in [5.74, 6) is -0.830. The molecular weight excluding hydrogens is 258 g/mol. The van der Waals surface area contributed by atoms with E-state index in [4.69, 9.17) is 16.7 Å². The lowest BCUT2D eigenvalue weighted by molar-refractivity contribution is -0.122. The van der Waals surface area contributed by atoms with Gasteiger partial charge in [-0.1, -0.05) is 11.6 Å². The molecule has 2 heterocycles. The molecule has 3 N–H and O–H groups in total. The third-order valence-corrected chi connectivity index (χ3v) is 2.91. The maximum atomic E-state index is 11.0. The van der Waals surface area contributed by atoms with Crippen LogP contribution in [-0.4, -0.2) is 34.6 Å². The Balaban J connectivity index is 2.15. The second-order valence-electron chi connectivity index (χ2n) is 4.02. The van der Waals surface area contributed by atoms with E-state index in [0.717, 1.165) is 0 Å². The molecule has 1 aromatic rings. The van der Waals surface area contributed by atoms with Gasteiger partial charge in [0.05, 0.1) is 0 Å². The normalized spacial score (nSPS) is 19.2. The summed E-state index contributed by atoms with van der Waals surface area (Å²) < 4.78 is 0. The molecule has 1 aliphatic rings. The van der Waals surface area contributed by atoms with Crippen molar-refractivity contribution in [1.82, 2.24) is 10.3 Å². The molecule has 1 atom stereocenters. The Bertz CT molecular complexity index is 482. The second kappa shape index (κ2) is 5.22. The highest BCUT2D eigenvalue weighted by atomic mass is 35.5. The number of carbonyl (C=O) groups excluding carboxylic acids is 1. The molecule has 0 aliphatic carbocycles. The van der Waals surface area contributed by atoms with Gasteiger partial charge in [0, 0.05) is 19.0 Å². The van der Waals surface area contributed by atoms with Crippen LogP contribution in [0.4, 0.5) is 5.82 Å². The third-order valence-electron chi connectivity index (χ3n) is 2.70. The highest BCUT2D eigenvalue weighted by molar-refractivity contribution is 6.29. The molecule has 6 nitrogen and oxygen atoms in total. The van der Waals surface area contributed by atoms with E-state index in [1.807, 2.05) is 0 Å². The molecule has 0 aromatic carbocycles. The fourth-order valence-electron chi connectivity index (χ4n) is 1.77. The van der Waals surface area contributed by atoms with Crippen LogP contribution in [0.5, 0.6) is 0 Å². The number of piperidine rings is 1. The zero-order chi connectivity index (χ0) is 13.1. The molecule has 1 fully saturated rings. The number of aromatic carboxylic acids is 1. The fourth-order valence-corrected chi connectivity index (χ4v) is 1.91. The molecule has 1 amide bonds. The van der Waals surface area contributed by atoms with E-state index < -0.39 is 5.97 Å². The predicted molar refractivity (Wildman–Crippen MR) is 65.9 cm³/mol. The number of anilines is 1. The summed E-state index contributed by atoms with van der Waals surface area (Å²) in [6.07, 6.45) is 1.06. The summed E-state index contributed by atoms with van der Waals surface area (Å²) in [4.78, 5) is 26.0. The molecule has 0 spiro atoms. The van der Waals surface area contributed by atoms with Gasteiger partial charge in [0.2, 0.25) is 5.91 Å². The minimum Gasteiger partial charge on any atom is -0.478 e. The molecule has 0 bridgehead atoms. The summed E-state index contributed by atoms with van der Waals surface area (Å²) in [5.41, 5.74) is 0.0660. The van der Waals surface area contributed by atoms with Crippen LogP contribution in [0.1, 0.15) is 23.2 Å². The van der Waals surface area contributed by atoms with Crippen molar-refractivity contribution in [3.63, 3.8) is 0 Å². The van der Waals surface area contributed by atoms with Crippen molar-refractivity contribution in [1.29, 1.82) is 0 Å². The molecule has 0 radical (unpaired) electrons. The number of amides is 1. The zero-order valence-electron chi connectivity index (χ0n) is 9.44. The van der Waals surface area contributed by atoms with Crippen LogP contribution >= 0.6 is 11.6 Å². The number of aromatic nitrogens is 1. The number of rotatable bonds is 3. The third kappa shape index (κ3) is 2.89. The number of nitrogens with one attached hydrogen (secondary N) is 2. The van der Waals surface area contributed by atoms with Crippen molar-refractivity contribution in [3.8, 4) is 0 Å². The number of carboxylic acid groups (broad SMARTS) is 1. The smallest absolute Gasteiger partial charge is 0.339 e. The van der Waals surface area contributed by atoms with Gasteiger partial charge >= 0.3 is 5.97 Å². The number of nitrogens with zero attached hydrogens (tertiary/aromatic N) is 1. The van der Waals surface area contributed by atoms with Gasteiger partial charge in [0.15, 0.2) is 0 Å². The molecular formula is C11H12ClN3O3. The minimum atomic E-state index is -1.07. The minimum absolute atomic E-state index is 0.00515. The standard InChI is InChI=1S/C11H12ClN3O3/c12-8-3-2-7(11(17)18)10(15-8)14-6-1-4-9(16)13-5-6/h2-3,6H,1,4-5H2,(H,13,16)(H,14,15)(H,17,18). The summed E-state index contributed by atoms with van der Waals surface area (Å²) in [6, 6.07) is 2.80. The van der Waals surface area contributed by atoms with Gasteiger partial charge in [-0.05, 0) is 18.6 Å². The van der Waals surface area contributed by atoms with Crippen LogP contribution in [-0.2, 0) is 4.79 Å². The number of carbonyl (C=O) groups is 2. The van der Waals surface area contributed by atoms with E-state index in [0.29, 0.717) is 19.4 Å². The lowest BCUT2D eigenvalue weighted by Crippen LogP contribution is -2.42. The monoisotopic (exact) mass is 269 g/mol. The van der Waals surface area contributed by atoms with Crippen LogP contribution in [0.15, 0.2) is 12.1 Å². The van der Waals surface area contributed by atoms with Crippen molar-refractivity contribution in [3.05, 3.63) is 22.8 Å². The fraction of sp³-hybridized carbons (Fsp3) is 0.364. The SMILES string of the molecule is O=C1CCC(Nc2nc(Cl)ccc2C(=O)O)CN1. The van der Waals surface area contributed by atoms with E-state index >= 15 is 0 Å². The Labute approximate surface area is 108 Å². The number of hydrogen-bond donors (Lipinski definition) is 3. The number of pyridine rings is 1. The van der Waals surface area contributed by atoms with Gasteiger partial charge < -0.3 is 15.7 Å². The number of carboxylic acids is 1. The quantitative estimate of drug-likeness (QED) is 0.716. The van der Waals surface area contributed by atoms with Gasteiger partial charge in [-0.3, -0.25) is 4.79 Å². The molecule has 1 saturated heterocycles. The van der Waals surface area contributed by atoms with Crippen LogP contribution in [0.3, 0.4) is 0 Å². The Morgan fingerprint density at radius 1 is 1.56 bits per heavy atom. The van der Waals surface area contributed by atoms with E-state index in [2.05, 4.69) is 15.6 Å². The lowest BCUT2D eigenvalue weighted by Gasteiger charge is -2.24. The molecule has 2 rings (SSSR count). The average Bonchev–Trinajstić information content (AvgIpc) is 2.32. The number of hydrogen-bond acceptors (Lipinski definition) is 4. The topological polar surface area (TPSA) is 91.3 Å². The van der Waals surface area contributed by atoms with Gasteiger partial charge in [-0.25, -0.2) is 9.78 Å². The molecule has 1 aliphatic heterocycles. The Kier molecular flexibility index (Phi) is 3.66. The summed E-state index contributed by atoms with van der Waals surface area (Å²) >= 11 is 5.75. The molecule has 7 heteroatoms. The zero-order valence-corrected chi connectivity index (χ0v) is 10.2. The average molecular weight is 270 g/mol. The van der Waals surface area contributed by atoms with Crippen molar-refractivity contribution < 1.29 is 14.7 Å². The maximum absolute atomic E-state index is 11.0. The van der Waals surface area contributed by atoms with Crippen molar-refractivity contribution >= 4 is 29.3 Å². The van der Waals surface area contributed by atoms with Gasteiger partial charge in [-0.15, -0.1) is 0 Å². The molecule has 18 heavy (non-hydrogen) atoms. The van der Waals surface area contributed by atoms with E-state index in [1.54, 1.807) is 0 Å². The predicted octanol–water partition coefficient (Wildman–Crippen LogP) is 1.12. The van der Waals surface area contributed by atoms with Crippen molar-refractivity contribution in [2.24, 2.45) is 0 Å². The van der Waals surface area contributed by atoms with Crippen molar-refractivity contribution in [2.75, 3.05) is 11.9 Å². The highest BCUT2D eigenvalue weighted by Gasteiger charge is 2.20. The van der Waals surface area contributed by atoms with Crippen LogP contribution in [0.25, 0.3) is 0 Å². The summed E-state index contributed by atoms with van der Waals surface area (Å²) in [6.45, 7) is 0.450. The van der Waals surface area contributed by atoms with Crippen LogP contribution in [0, 0.1) is 0 Å². The van der Waals surface area contributed by atoms with Crippen LogP contribution < -0.4 is 10.6 Å². The summed E-state index contributed by atoms with van der Waals surface area (Å²) in [7, 11) is 0.